The maximum Gasteiger partial charge on any atom is 0.303 e. The summed E-state index contributed by atoms with van der Waals surface area (Å²) in [5.41, 5.74) is 0. The van der Waals surface area contributed by atoms with Gasteiger partial charge in [0.1, 0.15) is 0 Å². The fourth-order valence-corrected chi connectivity index (χ4v) is 0.214. The molecule has 10 heavy (non-hydrogen) atoms. The molecule has 0 aliphatic rings. The van der Waals surface area contributed by atoms with Crippen molar-refractivity contribution >= 4 is 25.4 Å². The van der Waals surface area contributed by atoms with Crippen LogP contribution in [0.25, 0.3) is 0 Å². The summed E-state index contributed by atoms with van der Waals surface area (Å²) in [5.74, 6) is -2.15. The molecule has 0 aromatic heterocycles. The summed E-state index contributed by atoms with van der Waals surface area (Å²) < 4.78 is 0. The minimum absolute atomic E-state index is 0. The zero-order valence-corrected chi connectivity index (χ0v) is 8.09. The van der Waals surface area contributed by atoms with Crippen molar-refractivity contribution in [2.45, 2.75) is 12.8 Å². The van der Waals surface area contributed by atoms with Crippen molar-refractivity contribution in [1.29, 1.82) is 0 Å². The molecular weight excluding hydrogens is 341 g/mol. The summed E-state index contributed by atoms with van der Waals surface area (Å²) in [6.07, 6.45) is -0.593. The molecule has 0 aromatic carbocycles. The van der Waals surface area contributed by atoms with Gasteiger partial charge in [-0.05, 0) is 0 Å². The normalized spacial score (nSPS) is 6.80. The van der Waals surface area contributed by atoms with E-state index in [4.69, 9.17) is 10.2 Å². The molecule has 0 atom stereocenters. The molecule has 0 heterocycles. The Morgan fingerprint density at radius 3 is 1.30 bits per heavy atom. The van der Waals surface area contributed by atoms with Crippen LogP contribution in [0.15, 0.2) is 0 Å². The van der Waals surface area contributed by atoms with E-state index >= 15 is 0 Å². The van der Waals surface area contributed by atoms with Gasteiger partial charge in [0.2, 0.25) is 0 Å². The zero-order valence-electron chi connectivity index (χ0n) is 4.93. The van der Waals surface area contributed by atoms with Gasteiger partial charge < -0.3 is 10.2 Å². The summed E-state index contributed by atoms with van der Waals surface area (Å²) in [6, 6.07) is 0. The van der Waals surface area contributed by atoms with Gasteiger partial charge in [0.05, 0.1) is 12.8 Å². The molecule has 0 unspecified atom stereocenters. The number of hydrogen-bond acceptors (Lipinski definition) is 2. The maximum absolute atomic E-state index is 9.64. The van der Waals surface area contributed by atoms with Gasteiger partial charge in [-0.2, -0.15) is 13.5 Å². The number of carboxylic acids is 2. The summed E-state index contributed by atoms with van der Waals surface area (Å²) >= 11 is 0. The SMILES string of the molecule is O=C(O)CCC(=O)O.S.[Au]. The van der Waals surface area contributed by atoms with E-state index in [0.29, 0.717) is 0 Å². The van der Waals surface area contributed by atoms with E-state index in [1.54, 1.807) is 0 Å². The van der Waals surface area contributed by atoms with Crippen LogP contribution < -0.4 is 0 Å². The van der Waals surface area contributed by atoms with Crippen LogP contribution in [-0.2, 0) is 32.0 Å². The molecule has 0 rings (SSSR count). The molecule has 0 amide bonds. The number of hydrogen-bond donors (Lipinski definition) is 2. The van der Waals surface area contributed by atoms with Crippen molar-refractivity contribution in [3.8, 4) is 0 Å². The molecule has 6 heteroatoms. The summed E-state index contributed by atoms with van der Waals surface area (Å²) in [7, 11) is 0. The monoisotopic (exact) mass is 349 g/mol. The van der Waals surface area contributed by atoms with Crippen LogP contribution in [0.2, 0.25) is 0 Å². The van der Waals surface area contributed by atoms with Gasteiger partial charge in [0.25, 0.3) is 0 Å². The van der Waals surface area contributed by atoms with Crippen LogP contribution in [0.4, 0.5) is 0 Å². The van der Waals surface area contributed by atoms with Crippen LogP contribution in [0.1, 0.15) is 12.8 Å². The second kappa shape index (κ2) is 9.03. The Balaban J connectivity index is -0.000000245. The van der Waals surface area contributed by atoms with Crippen molar-refractivity contribution in [2.24, 2.45) is 0 Å². The van der Waals surface area contributed by atoms with E-state index in [1.165, 1.54) is 0 Å². The summed E-state index contributed by atoms with van der Waals surface area (Å²) in [4.78, 5) is 19.3. The summed E-state index contributed by atoms with van der Waals surface area (Å²) in [5, 5.41) is 15.8. The molecule has 4 nitrogen and oxygen atoms in total. The van der Waals surface area contributed by atoms with Crippen molar-refractivity contribution < 1.29 is 42.2 Å². The van der Waals surface area contributed by atoms with Gasteiger partial charge in [-0.15, -0.1) is 0 Å². The Labute approximate surface area is 80.6 Å². The topological polar surface area (TPSA) is 74.6 Å². The predicted molar refractivity (Wildman–Crippen MR) is 34.9 cm³/mol. The van der Waals surface area contributed by atoms with Crippen molar-refractivity contribution in [1.82, 2.24) is 0 Å². The minimum atomic E-state index is -1.08. The van der Waals surface area contributed by atoms with E-state index in [-0.39, 0.29) is 48.7 Å². The average molecular weight is 349 g/mol. The Morgan fingerprint density at radius 2 is 1.20 bits per heavy atom. The quantitative estimate of drug-likeness (QED) is 0.706. The van der Waals surface area contributed by atoms with Gasteiger partial charge in [-0.1, -0.05) is 0 Å². The maximum atomic E-state index is 9.64. The molecule has 0 fully saturated rings. The fourth-order valence-electron chi connectivity index (χ4n) is 0.214. The fraction of sp³-hybridized carbons (Fsp3) is 0.500. The molecular formula is C4H8AuO4S. The molecule has 0 spiro atoms. The van der Waals surface area contributed by atoms with E-state index in [9.17, 15) is 9.59 Å². The molecule has 2 N–H and O–H groups in total. The average Bonchev–Trinajstić information content (AvgIpc) is 1.61. The van der Waals surface area contributed by atoms with Crippen LogP contribution in [0, 0.1) is 0 Å². The number of rotatable bonds is 3. The largest absolute Gasteiger partial charge is 0.481 e. The van der Waals surface area contributed by atoms with E-state index < -0.39 is 11.9 Å². The molecule has 0 aliphatic heterocycles. The molecule has 0 saturated heterocycles. The molecule has 65 valence electrons. The first-order valence-electron chi connectivity index (χ1n) is 2.06. The van der Waals surface area contributed by atoms with Gasteiger partial charge in [0, 0.05) is 22.4 Å². The first kappa shape index (κ1) is 16.5. The Morgan fingerprint density at radius 1 is 1.00 bits per heavy atom. The third-order valence-electron chi connectivity index (χ3n) is 0.553. The van der Waals surface area contributed by atoms with Crippen LogP contribution in [-0.4, -0.2) is 22.2 Å². The Kier molecular flexibility index (Phi) is 14.9. The molecule has 0 aliphatic carbocycles. The van der Waals surface area contributed by atoms with E-state index in [2.05, 4.69) is 0 Å². The minimum Gasteiger partial charge on any atom is -0.481 e. The summed E-state index contributed by atoms with van der Waals surface area (Å²) in [6.45, 7) is 0. The van der Waals surface area contributed by atoms with Gasteiger partial charge in [-0.3, -0.25) is 9.59 Å². The molecule has 1 radical (unpaired) electrons. The standard InChI is InChI=1S/C4H6O4.Au.H2S/c5-3(6)1-2-4(7)8;;/h1-2H2,(H,5,6)(H,7,8);;1H2. The van der Waals surface area contributed by atoms with E-state index in [0.717, 1.165) is 0 Å². The molecule has 0 saturated carbocycles. The van der Waals surface area contributed by atoms with Crippen LogP contribution in [0.5, 0.6) is 0 Å². The predicted octanol–water partition coefficient (Wildman–Crippen LogP) is 0.0461. The second-order valence-corrected chi connectivity index (χ2v) is 1.29. The zero-order chi connectivity index (χ0) is 6.57. The smallest absolute Gasteiger partial charge is 0.303 e. The molecule has 0 aromatic rings. The van der Waals surface area contributed by atoms with Gasteiger partial charge in [0.15, 0.2) is 0 Å². The number of aliphatic carboxylic acids is 2. The third-order valence-corrected chi connectivity index (χ3v) is 0.553. The van der Waals surface area contributed by atoms with Gasteiger partial charge >= 0.3 is 11.9 Å². The Bertz CT molecular complexity index is 102. The van der Waals surface area contributed by atoms with Crippen molar-refractivity contribution in [3.63, 3.8) is 0 Å². The van der Waals surface area contributed by atoms with Crippen molar-refractivity contribution in [3.05, 3.63) is 0 Å². The van der Waals surface area contributed by atoms with Crippen LogP contribution in [0.3, 0.4) is 0 Å². The number of carboxylic acid groups (broad SMARTS) is 2. The third kappa shape index (κ3) is 15.7. The Hall–Kier alpha value is 0.0303. The first-order valence-corrected chi connectivity index (χ1v) is 2.06. The van der Waals surface area contributed by atoms with Crippen LogP contribution >= 0.6 is 13.5 Å². The van der Waals surface area contributed by atoms with E-state index in [1.807, 2.05) is 0 Å². The first-order chi connectivity index (χ1) is 3.63. The second-order valence-electron chi connectivity index (χ2n) is 1.29. The molecule has 0 bridgehead atoms. The number of carbonyl (C=O) groups is 2. The van der Waals surface area contributed by atoms with Crippen molar-refractivity contribution in [2.75, 3.05) is 0 Å². The van der Waals surface area contributed by atoms with Gasteiger partial charge in [-0.25, -0.2) is 0 Å².